The van der Waals surface area contributed by atoms with Gasteiger partial charge in [0.2, 0.25) is 0 Å². The lowest BCUT2D eigenvalue weighted by molar-refractivity contribution is 0.670. The first-order valence-corrected chi connectivity index (χ1v) is 17.8. The van der Waals surface area contributed by atoms with Crippen LogP contribution in [0, 0.1) is 0 Å². The summed E-state index contributed by atoms with van der Waals surface area (Å²) >= 11 is 0. The van der Waals surface area contributed by atoms with Gasteiger partial charge in [0.05, 0.1) is 0 Å². The molecule has 0 bridgehead atoms. The summed E-state index contributed by atoms with van der Waals surface area (Å²) in [6.45, 7) is 2.20. The molecule has 9 aromatic rings. The standard InChI is InChI=1S/C30H22O.C19H16.H4N2/c1-2-20-8-5-10-22(18-20)23-11-6-12-24(19-23)26-14-7-15-27-29-25-13-4-3-9-21(25)16-17-28(29)31-30(26)27;1-3-7-16(8-4-1)15-17-11-13-19(14-12-17)18-9-5-2-6-10-18;1-2/h3-19H,2H2,1H3;1-14H,15H2;1-2H2. The molecule has 0 radical (unpaired) electrons. The lowest BCUT2D eigenvalue weighted by atomic mass is 9.96. The molecular formula is C49H42N2O. The predicted molar refractivity (Wildman–Crippen MR) is 221 cm³/mol. The SMILES string of the molecule is CCc1cccc(-c2cccc(-c3cccc4c3oc3ccc5ccccc5c34)c2)c1.NN.c1ccc(Cc2ccc(-c3ccccc3)cc2)cc1. The average Bonchev–Trinajstić information content (AvgIpc) is 3.63. The van der Waals surface area contributed by atoms with Crippen molar-refractivity contribution < 1.29 is 4.42 Å². The number of fused-ring (bicyclic) bond motifs is 5. The van der Waals surface area contributed by atoms with E-state index in [4.69, 9.17) is 4.42 Å². The highest BCUT2D eigenvalue weighted by Gasteiger charge is 2.15. The number of hydrazine groups is 1. The van der Waals surface area contributed by atoms with E-state index in [0.717, 1.165) is 29.6 Å². The van der Waals surface area contributed by atoms with Gasteiger partial charge in [-0.3, -0.25) is 11.7 Å². The first kappa shape index (κ1) is 34.2. The molecule has 9 rings (SSSR count). The number of hydrogen-bond acceptors (Lipinski definition) is 3. The Hall–Kier alpha value is -6.26. The summed E-state index contributed by atoms with van der Waals surface area (Å²) in [6.07, 6.45) is 2.04. The molecule has 0 aliphatic carbocycles. The molecule has 0 aliphatic rings. The Bertz CT molecular complexity index is 2530. The Morgan fingerprint density at radius 1 is 0.423 bits per heavy atom. The van der Waals surface area contributed by atoms with Crippen molar-refractivity contribution in [2.24, 2.45) is 11.7 Å². The van der Waals surface area contributed by atoms with Crippen molar-refractivity contribution in [3.8, 4) is 33.4 Å². The molecule has 1 aromatic heterocycles. The fourth-order valence-electron chi connectivity index (χ4n) is 6.91. The summed E-state index contributed by atoms with van der Waals surface area (Å²) in [7, 11) is 0. The largest absolute Gasteiger partial charge is 0.455 e. The van der Waals surface area contributed by atoms with Crippen molar-refractivity contribution >= 4 is 32.7 Å². The second kappa shape index (κ2) is 16.2. The molecule has 3 nitrogen and oxygen atoms in total. The van der Waals surface area contributed by atoms with E-state index in [0.29, 0.717) is 0 Å². The van der Waals surface area contributed by atoms with E-state index >= 15 is 0 Å². The van der Waals surface area contributed by atoms with Gasteiger partial charge in [-0.2, -0.15) is 0 Å². The Balaban J connectivity index is 0.000000172. The summed E-state index contributed by atoms with van der Waals surface area (Å²) in [5.74, 6) is 8.00. The van der Waals surface area contributed by atoms with Crippen molar-refractivity contribution in [2.45, 2.75) is 19.8 Å². The van der Waals surface area contributed by atoms with E-state index < -0.39 is 0 Å². The third kappa shape index (κ3) is 7.42. The molecule has 52 heavy (non-hydrogen) atoms. The van der Waals surface area contributed by atoms with Gasteiger partial charge in [0, 0.05) is 16.3 Å². The predicted octanol–water partition coefficient (Wildman–Crippen LogP) is 12.4. The lowest BCUT2D eigenvalue weighted by Gasteiger charge is -2.08. The molecule has 4 N–H and O–H groups in total. The van der Waals surface area contributed by atoms with Gasteiger partial charge >= 0.3 is 0 Å². The van der Waals surface area contributed by atoms with Crippen LogP contribution >= 0.6 is 0 Å². The number of aryl methyl sites for hydroxylation is 1. The van der Waals surface area contributed by atoms with Crippen molar-refractivity contribution in [1.29, 1.82) is 0 Å². The summed E-state index contributed by atoms with van der Waals surface area (Å²) in [5, 5.41) is 4.84. The van der Waals surface area contributed by atoms with Crippen molar-refractivity contribution in [3.63, 3.8) is 0 Å². The fourth-order valence-corrected chi connectivity index (χ4v) is 6.91. The van der Waals surface area contributed by atoms with Crippen molar-refractivity contribution in [1.82, 2.24) is 0 Å². The van der Waals surface area contributed by atoms with Crippen LogP contribution in [0.3, 0.4) is 0 Å². The van der Waals surface area contributed by atoms with Crippen LogP contribution < -0.4 is 11.7 Å². The number of nitrogens with two attached hydrogens (primary N) is 2. The maximum atomic E-state index is 6.43. The molecule has 0 saturated carbocycles. The number of para-hydroxylation sites is 1. The smallest absolute Gasteiger partial charge is 0.143 e. The zero-order valence-corrected chi connectivity index (χ0v) is 29.4. The second-order valence-electron chi connectivity index (χ2n) is 12.8. The number of benzene rings is 8. The molecule has 0 atom stereocenters. The van der Waals surface area contributed by atoms with Crippen LogP contribution in [0.5, 0.6) is 0 Å². The number of rotatable bonds is 6. The third-order valence-corrected chi connectivity index (χ3v) is 9.54. The summed E-state index contributed by atoms with van der Waals surface area (Å²) < 4.78 is 6.43. The van der Waals surface area contributed by atoms with Crippen LogP contribution in [0.25, 0.3) is 66.1 Å². The number of furan rings is 1. The van der Waals surface area contributed by atoms with Gasteiger partial charge in [-0.15, -0.1) is 0 Å². The van der Waals surface area contributed by atoms with Crippen LogP contribution in [0.1, 0.15) is 23.6 Å². The van der Waals surface area contributed by atoms with Crippen molar-refractivity contribution in [3.05, 3.63) is 205 Å². The van der Waals surface area contributed by atoms with Gasteiger partial charge in [-0.25, -0.2) is 0 Å². The summed E-state index contributed by atoms with van der Waals surface area (Å²) in [5.41, 5.74) is 13.3. The molecule has 254 valence electrons. The van der Waals surface area contributed by atoms with Gasteiger partial charge < -0.3 is 4.42 Å². The minimum absolute atomic E-state index is 0.938. The monoisotopic (exact) mass is 674 g/mol. The van der Waals surface area contributed by atoms with Gasteiger partial charge in [0.15, 0.2) is 0 Å². The van der Waals surface area contributed by atoms with Gasteiger partial charge in [0.1, 0.15) is 11.2 Å². The normalized spacial score (nSPS) is 10.8. The number of hydrogen-bond donors (Lipinski definition) is 2. The molecule has 0 amide bonds. The zero-order chi connectivity index (χ0) is 35.7. The molecule has 1 heterocycles. The summed E-state index contributed by atoms with van der Waals surface area (Å²) in [6, 6.07) is 66.7. The van der Waals surface area contributed by atoms with Crippen LogP contribution in [0.15, 0.2) is 192 Å². The molecular weight excluding hydrogens is 633 g/mol. The molecule has 0 fully saturated rings. The van der Waals surface area contributed by atoms with Crippen LogP contribution in [-0.2, 0) is 12.8 Å². The second-order valence-corrected chi connectivity index (χ2v) is 12.8. The molecule has 0 aliphatic heterocycles. The van der Waals surface area contributed by atoms with E-state index in [1.165, 1.54) is 66.1 Å². The highest BCUT2D eigenvalue weighted by atomic mass is 16.3. The Kier molecular flexibility index (Phi) is 10.6. The fraction of sp³-hybridized carbons (Fsp3) is 0.0612. The minimum atomic E-state index is 0.938. The van der Waals surface area contributed by atoms with Crippen LogP contribution in [0.4, 0.5) is 0 Å². The van der Waals surface area contributed by atoms with Crippen molar-refractivity contribution in [2.75, 3.05) is 0 Å². The van der Waals surface area contributed by atoms with Gasteiger partial charge in [-0.1, -0.05) is 183 Å². The van der Waals surface area contributed by atoms with Crippen LogP contribution in [0.2, 0.25) is 0 Å². The van der Waals surface area contributed by atoms with Crippen LogP contribution in [-0.4, -0.2) is 0 Å². The molecule has 0 spiro atoms. The maximum Gasteiger partial charge on any atom is 0.143 e. The van der Waals surface area contributed by atoms with Gasteiger partial charge in [0.25, 0.3) is 0 Å². The minimum Gasteiger partial charge on any atom is -0.455 e. The quantitative estimate of drug-likeness (QED) is 0.136. The first-order chi connectivity index (χ1) is 25.7. The molecule has 8 aromatic carbocycles. The Morgan fingerprint density at radius 3 is 1.75 bits per heavy atom. The Morgan fingerprint density at radius 2 is 0.981 bits per heavy atom. The topological polar surface area (TPSA) is 65.2 Å². The highest BCUT2D eigenvalue weighted by molar-refractivity contribution is 6.20. The third-order valence-electron chi connectivity index (χ3n) is 9.54. The summed E-state index contributed by atoms with van der Waals surface area (Å²) in [4.78, 5) is 0. The van der Waals surface area contributed by atoms with E-state index in [2.05, 4.69) is 201 Å². The van der Waals surface area contributed by atoms with E-state index in [1.807, 2.05) is 6.07 Å². The van der Waals surface area contributed by atoms with E-state index in [1.54, 1.807) is 0 Å². The first-order valence-electron chi connectivity index (χ1n) is 17.8. The lowest BCUT2D eigenvalue weighted by Crippen LogP contribution is -2.02. The molecule has 0 unspecified atom stereocenters. The molecule has 3 heteroatoms. The van der Waals surface area contributed by atoms with Gasteiger partial charge in [-0.05, 0) is 80.3 Å². The van der Waals surface area contributed by atoms with E-state index in [9.17, 15) is 0 Å². The average molecular weight is 675 g/mol. The zero-order valence-electron chi connectivity index (χ0n) is 29.4. The van der Waals surface area contributed by atoms with E-state index in [-0.39, 0.29) is 0 Å². The Labute approximate surface area is 305 Å². The highest BCUT2D eigenvalue weighted by Crippen LogP contribution is 2.39. The maximum absolute atomic E-state index is 6.43. The molecule has 0 saturated heterocycles.